The van der Waals surface area contributed by atoms with E-state index in [-0.39, 0.29) is 18.1 Å². The van der Waals surface area contributed by atoms with Gasteiger partial charge in [-0.25, -0.2) is 0 Å². The van der Waals surface area contributed by atoms with Crippen LogP contribution in [0.1, 0.15) is 26.3 Å². The van der Waals surface area contributed by atoms with Gasteiger partial charge in [0.05, 0.1) is 20.3 Å². The lowest BCUT2D eigenvalue weighted by molar-refractivity contribution is -0.124. The molecule has 8 heteroatoms. The summed E-state index contributed by atoms with van der Waals surface area (Å²) in [5, 5.41) is 6.79. The van der Waals surface area contributed by atoms with Gasteiger partial charge in [0.15, 0.2) is 18.1 Å². The first-order chi connectivity index (χ1) is 15.2. The lowest BCUT2D eigenvalue weighted by atomic mass is 10.1. The maximum Gasteiger partial charge on any atom is 0.258 e. The molecule has 7 nitrogen and oxygen atoms in total. The number of benzene rings is 2. The van der Waals surface area contributed by atoms with Crippen molar-refractivity contribution in [2.75, 3.05) is 50.2 Å². The number of rotatable bonds is 8. The van der Waals surface area contributed by atoms with Crippen LogP contribution >= 0.6 is 11.6 Å². The van der Waals surface area contributed by atoms with Gasteiger partial charge in [0.1, 0.15) is 0 Å². The molecule has 2 aromatic rings. The molecule has 1 amide bonds. The predicted octanol–water partition coefficient (Wildman–Crippen LogP) is 4.09. The number of carbonyl (C=O) groups is 1. The fourth-order valence-corrected chi connectivity index (χ4v) is 3.61. The van der Waals surface area contributed by atoms with Crippen molar-refractivity contribution in [2.24, 2.45) is 0 Å². The second-order valence-corrected chi connectivity index (χ2v) is 9.09. The van der Waals surface area contributed by atoms with Crippen LogP contribution < -0.4 is 25.0 Å². The van der Waals surface area contributed by atoms with E-state index >= 15 is 0 Å². The molecule has 3 rings (SSSR count). The van der Waals surface area contributed by atoms with Crippen LogP contribution in [0.5, 0.6) is 11.5 Å². The normalized spacial score (nSPS) is 14.1. The van der Waals surface area contributed by atoms with Crippen LogP contribution in [0.15, 0.2) is 36.4 Å². The highest BCUT2D eigenvalue weighted by atomic mass is 35.5. The number of morpholine rings is 1. The van der Waals surface area contributed by atoms with Gasteiger partial charge in [-0.1, -0.05) is 11.6 Å². The number of hydrogen-bond acceptors (Lipinski definition) is 6. The first kappa shape index (κ1) is 24.0. The van der Waals surface area contributed by atoms with Crippen LogP contribution in [0.4, 0.5) is 11.4 Å². The van der Waals surface area contributed by atoms with E-state index in [0.29, 0.717) is 23.1 Å². The SMILES string of the molecule is COc1cc(CNc2ccc(N3CCOCC3)cc2)c(Cl)cc1OCC(=O)NC(C)(C)C. The summed E-state index contributed by atoms with van der Waals surface area (Å²) in [4.78, 5) is 14.4. The molecular formula is C24H32ClN3O4. The van der Waals surface area contributed by atoms with Crippen LogP contribution in [0.25, 0.3) is 0 Å². The van der Waals surface area contributed by atoms with Gasteiger partial charge in [-0.3, -0.25) is 4.79 Å². The molecule has 32 heavy (non-hydrogen) atoms. The van der Waals surface area contributed by atoms with Gasteiger partial charge in [-0.2, -0.15) is 0 Å². The molecule has 1 saturated heterocycles. The highest BCUT2D eigenvalue weighted by molar-refractivity contribution is 6.31. The molecular weight excluding hydrogens is 430 g/mol. The minimum Gasteiger partial charge on any atom is -0.493 e. The van der Waals surface area contributed by atoms with Gasteiger partial charge in [0.25, 0.3) is 5.91 Å². The number of amides is 1. The van der Waals surface area contributed by atoms with E-state index in [2.05, 4.69) is 39.8 Å². The maximum atomic E-state index is 12.0. The van der Waals surface area contributed by atoms with Crippen LogP contribution in [0, 0.1) is 0 Å². The third-order valence-electron chi connectivity index (χ3n) is 4.93. The molecule has 0 aliphatic carbocycles. The molecule has 1 fully saturated rings. The number of carbonyl (C=O) groups excluding carboxylic acids is 1. The number of ether oxygens (including phenoxy) is 3. The maximum absolute atomic E-state index is 12.0. The molecule has 2 aromatic carbocycles. The van der Waals surface area contributed by atoms with Crippen molar-refractivity contribution in [3.63, 3.8) is 0 Å². The predicted molar refractivity (Wildman–Crippen MR) is 128 cm³/mol. The Morgan fingerprint density at radius 3 is 2.44 bits per heavy atom. The highest BCUT2D eigenvalue weighted by Gasteiger charge is 2.16. The lowest BCUT2D eigenvalue weighted by Gasteiger charge is -2.29. The van der Waals surface area contributed by atoms with E-state index in [1.54, 1.807) is 13.2 Å². The first-order valence-corrected chi connectivity index (χ1v) is 11.1. The van der Waals surface area contributed by atoms with E-state index in [0.717, 1.165) is 37.6 Å². The average Bonchev–Trinajstić information content (AvgIpc) is 2.77. The minimum absolute atomic E-state index is 0.114. The number of nitrogens with zero attached hydrogens (tertiary/aromatic N) is 1. The Bertz CT molecular complexity index is 907. The summed E-state index contributed by atoms with van der Waals surface area (Å²) in [6, 6.07) is 11.8. The zero-order valence-corrected chi connectivity index (χ0v) is 19.9. The molecule has 1 heterocycles. The molecule has 0 saturated carbocycles. The van der Waals surface area contributed by atoms with Crippen molar-refractivity contribution in [3.05, 3.63) is 47.0 Å². The molecule has 0 atom stereocenters. The molecule has 0 bridgehead atoms. The van der Waals surface area contributed by atoms with E-state index in [9.17, 15) is 4.79 Å². The number of hydrogen-bond donors (Lipinski definition) is 2. The topological polar surface area (TPSA) is 72.1 Å². The molecule has 1 aliphatic heterocycles. The van der Waals surface area contributed by atoms with E-state index in [1.165, 1.54) is 5.69 Å². The summed E-state index contributed by atoms with van der Waals surface area (Å²) >= 11 is 6.48. The Hall–Kier alpha value is -2.64. The third kappa shape index (κ3) is 6.93. The summed E-state index contributed by atoms with van der Waals surface area (Å²) < 4.78 is 16.5. The van der Waals surface area contributed by atoms with Crippen LogP contribution in [-0.2, 0) is 16.1 Å². The summed E-state index contributed by atoms with van der Waals surface area (Å²) in [6.07, 6.45) is 0. The zero-order chi connectivity index (χ0) is 23.1. The van der Waals surface area contributed by atoms with Gasteiger partial charge < -0.3 is 29.7 Å². The van der Waals surface area contributed by atoms with Crippen molar-refractivity contribution in [1.29, 1.82) is 0 Å². The Labute approximate surface area is 195 Å². The Kier molecular flexibility index (Phi) is 8.10. The van der Waals surface area contributed by atoms with Crippen molar-refractivity contribution < 1.29 is 19.0 Å². The fourth-order valence-electron chi connectivity index (χ4n) is 3.39. The standard InChI is InChI=1S/C24H32ClN3O4/c1-24(2,3)27-23(29)16-32-22-14-20(25)17(13-21(22)30-4)15-26-18-5-7-19(8-6-18)28-9-11-31-12-10-28/h5-8,13-14,26H,9-12,15-16H2,1-4H3,(H,27,29). The van der Waals surface area contributed by atoms with Gasteiger partial charge in [-0.15, -0.1) is 0 Å². The van der Waals surface area contributed by atoms with Crippen LogP contribution in [0.3, 0.4) is 0 Å². The van der Waals surface area contributed by atoms with Gasteiger partial charge in [0, 0.05) is 47.6 Å². The smallest absolute Gasteiger partial charge is 0.258 e. The monoisotopic (exact) mass is 461 g/mol. The third-order valence-corrected chi connectivity index (χ3v) is 5.28. The molecule has 2 N–H and O–H groups in total. The Morgan fingerprint density at radius 1 is 1.12 bits per heavy atom. The summed E-state index contributed by atoms with van der Waals surface area (Å²) in [6.45, 7) is 9.51. The molecule has 1 aliphatic rings. The van der Waals surface area contributed by atoms with E-state index in [1.807, 2.05) is 26.8 Å². The summed E-state index contributed by atoms with van der Waals surface area (Å²) in [5.41, 5.74) is 2.73. The van der Waals surface area contributed by atoms with Gasteiger partial charge in [-0.05, 0) is 56.7 Å². The van der Waals surface area contributed by atoms with Crippen molar-refractivity contribution in [1.82, 2.24) is 5.32 Å². The van der Waals surface area contributed by atoms with E-state index < -0.39 is 0 Å². The average molecular weight is 462 g/mol. The zero-order valence-electron chi connectivity index (χ0n) is 19.2. The van der Waals surface area contributed by atoms with Crippen molar-refractivity contribution in [3.8, 4) is 11.5 Å². The Morgan fingerprint density at radius 2 is 1.81 bits per heavy atom. The molecule has 0 radical (unpaired) electrons. The van der Waals surface area contributed by atoms with Crippen molar-refractivity contribution in [2.45, 2.75) is 32.9 Å². The quantitative estimate of drug-likeness (QED) is 0.617. The number of anilines is 2. The summed E-state index contributed by atoms with van der Waals surface area (Å²) in [7, 11) is 1.56. The van der Waals surface area contributed by atoms with Crippen LogP contribution in [0.2, 0.25) is 5.02 Å². The second-order valence-electron chi connectivity index (χ2n) is 8.68. The largest absolute Gasteiger partial charge is 0.493 e. The summed E-state index contributed by atoms with van der Waals surface area (Å²) in [5.74, 6) is 0.750. The Balaban J connectivity index is 1.60. The first-order valence-electron chi connectivity index (χ1n) is 10.7. The molecule has 0 aromatic heterocycles. The number of methoxy groups -OCH3 is 1. The van der Waals surface area contributed by atoms with E-state index in [4.69, 9.17) is 25.8 Å². The molecule has 0 unspecified atom stereocenters. The molecule has 0 spiro atoms. The van der Waals surface area contributed by atoms with Crippen LogP contribution in [-0.4, -0.2) is 51.5 Å². The number of halogens is 1. The minimum atomic E-state index is -0.321. The highest BCUT2D eigenvalue weighted by Crippen LogP contribution is 2.34. The van der Waals surface area contributed by atoms with Gasteiger partial charge >= 0.3 is 0 Å². The second kappa shape index (κ2) is 10.8. The lowest BCUT2D eigenvalue weighted by Crippen LogP contribution is -2.43. The number of nitrogens with one attached hydrogen (secondary N) is 2. The van der Waals surface area contributed by atoms with Gasteiger partial charge in [0.2, 0.25) is 0 Å². The fraction of sp³-hybridized carbons (Fsp3) is 0.458. The molecule has 174 valence electrons. The van der Waals surface area contributed by atoms with Crippen molar-refractivity contribution >= 4 is 28.9 Å².